The molecule has 5 nitrogen and oxygen atoms in total. The van der Waals surface area contributed by atoms with Crippen molar-refractivity contribution in [3.63, 3.8) is 0 Å². The Hall–Kier alpha value is -2.86. The molecule has 0 saturated carbocycles. The summed E-state index contributed by atoms with van der Waals surface area (Å²) in [5.74, 6) is -0.362. The van der Waals surface area contributed by atoms with Crippen molar-refractivity contribution in [1.29, 1.82) is 0 Å². The summed E-state index contributed by atoms with van der Waals surface area (Å²) >= 11 is 1.29. The molecular formula is C23H22N2O3S. The average Bonchev–Trinajstić information content (AvgIpc) is 3.29. The Labute approximate surface area is 174 Å². The quantitative estimate of drug-likeness (QED) is 0.607. The van der Waals surface area contributed by atoms with Gasteiger partial charge in [0, 0.05) is 17.3 Å². The molecule has 6 heteroatoms. The third-order valence-corrected chi connectivity index (χ3v) is 6.28. The fourth-order valence-electron chi connectivity index (χ4n) is 3.73. The first-order valence-electron chi connectivity index (χ1n) is 9.68. The molecule has 29 heavy (non-hydrogen) atoms. The monoisotopic (exact) mass is 406 g/mol. The largest absolute Gasteiger partial charge is 0.325 e. The topological polar surface area (TPSA) is 66.5 Å². The van der Waals surface area contributed by atoms with E-state index in [0.717, 1.165) is 30.5 Å². The average molecular weight is 407 g/mol. The Morgan fingerprint density at radius 3 is 2.76 bits per heavy atom. The number of aryl methyl sites for hydroxylation is 3. The third kappa shape index (κ3) is 4.27. The van der Waals surface area contributed by atoms with Crippen molar-refractivity contribution in [2.24, 2.45) is 0 Å². The number of hydrogen-bond donors (Lipinski definition) is 1. The molecule has 0 unspecified atom stereocenters. The van der Waals surface area contributed by atoms with E-state index in [-0.39, 0.29) is 29.9 Å². The summed E-state index contributed by atoms with van der Waals surface area (Å²) in [6, 6.07) is 13.3. The van der Waals surface area contributed by atoms with Gasteiger partial charge < -0.3 is 5.32 Å². The van der Waals surface area contributed by atoms with Crippen LogP contribution < -0.4 is 5.32 Å². The van der Waals surface area contributed by atoms with E-state index in [2.05, 4.69) is 11.4 Å². The highest BCUT2D eigenvalue weighted by atomic mass is 32.2. The van der Waals surface area contributed by atoms with E-state index in [1.165, 1.54) is 33.9 Å². The second-order valence-electron chi connectivity index (χ2n) is 7.32. The molecule has 2 aromatic rings. The Bertz CT molecular complexity index is 1030. The van der Waals surface area contributed by atoms with Gasteiger partial charge in [0.05, 0.1) is 10.8 Å². The van der Waals surface area contributed by atoms with Crippen molar-refractivity contribution in [3.05, 3.63) is 75.8 Å². The van der Waals surface area contributed by atoms with Crippen LogP contribution in [0.3, 0.4) is 0 Å². The lowest BCUT2D eigenvalue weighted by atomic mass is 10.1. The molecule has 0 aromatic heterocycles. The van der Waals surface area contributed by atoms with E-state index < -0.39 is 0 Å². The van der Waals surface area contributed by atoms with E-state index in [1.807, 2.05) is 37.3 Å². The van der Waals surface area contributed by atoms with E-state index in [1.54, 1.807) is 6.07 Å². The van der Waals surface area contributed by atoms with Crippen LogP contribution in [0.15, 0.2) is 53.6 Å². The molecular weight excluding hydrogens is 384 g/mol. The SMILES string of the molecule is Cc1ccccc1C(=O)/C=C1\SCC(=O)N1CC(=O)Nc1ccc2c(c1)CCC2. The Kier molecular flexibility index (Phi) is 5.53. The van der Waals surface area contributed by atoms with Gasteiger partial charge in [0.15, 0.2) is 5.78 Å². The van der Waals surface area contributed by atoms with Crippen LogP contribution in [0.1, 0.15) is 33.5 Å². The minimum absolute atomic E-state index is 0.101. The molecule has 1 N–H and O–H groups in total. The van der Waals surface area contributed by atoms with E-state index in [4.69, 9.17) is 0 Å². The number of hydrogen-bond acceptors (Lipinski definition) is 4. The third-order valence-electron chi connectivity index (χ3n) is 5.26. The van der Waals surface area contributed by atoms with E-state index >= 15 is 0 Å². The van der Waals surface area contributed by atoms with Crippen LogP contribution in [-0.2, 0) is 22.4 Å². The lowest BCUT2D eigenvalue weighted by molar-refractivity contribution is -0.129. The molecule has 0 atom stereocenters. The summed E-state index contributed by atoms with van der Waals surface area (Å²) in [5, 5.41) is 3.40. The Balaban J connectivity index is 1.46. The number of benzene rings is 2. The van der Waals surface area contributed by atoms with Crippen LogP contribution in [0.4, 0.5) is 5.69 Å². The maximum absolute atomic E-state index is 12.6. The summed E-state index contributed by atoms with van der Waals surface area (Å²) in [7, 11) is 0. The number of allylic oxidation sites excluding steroid dienone is 1. The van der Waals surface area contributed by atoms with E-state index in [0.29, 0.717) is 10.6 Å². The molecule has 2 aromatic carbocycles. The summed E-state index contributed by atoms with van der Waals surface area (Å²) in [6.45, 7) is 1.77. The highest BCUT2D eigenvalue weighted by Gasteiger charge is 2.29. The predicted molar refractivity (Wildman–Crippen MR) is 115 cm³/mol. The molecule has 148 valence electrons. The standard InChI is InChI=1S/C23H22N2O3S/c1-15-5-2-3-8-19(15)20(26)12-23-25(22(28)14-29-23)13-21(27)24-18-10-9-16-6-4-7-17(16)11-18/h2-3,5,8-12H,4,6-7,13-14H2,1H3,(H,24,27)/b23-12-. The van der Waals surface area contributed by atoms with Crippen LogP contribution in [0.2, 0.25) is 0 Å². The second kappa shape index (κ2) is 8.25. The fraction of sp³-hybridized carbons (Fsp3) is 0.261. The smallest absolute Gasteiger partial charge is 0.244 e. The van der Waals surface area contributed by atoms with Crippen LogP contribution in [-0.4, -0.2) is 34.8 Å². The van der Waals surface area contributed by atoms with Crippen LogP contribution in [0.5, 0.6) is 0 Å². The van der Waals surface area contributed by atoms with Crippen molar-refractivity contribution in [3.8, 4) is 0 Å². The maximum Gasteiger partial charge on any atom is 0.244 e. The van der Waals surface area contributed by atoms with Gasteiger partial charge in [0.1, 0.15) is 6.54 Å². The van der Waals surface area contributed by atoms with Crippen molar-refractivity contribution < 1.29 is 14.4 Å². The number of amides is 2. The molecule has 0 radical (unpaired) electrons. The normalized spacial score (nSPS) is 16.9. The predicted octanol–water partition coefficient (Wildman–Crippen LogP) is 3.72. The van der Waals surface area contributed by atoms with Crippen LogP contribution >= 0.6 is 11.8 Å². The first-order chi connectivity index (χ1) is 14.0. The van der Waals surface area contributed by atoms with Gasteiger partial charge in [-0.2, -0.15) is 0 Å². The molecule has 1 saturated heterocycles. The molecule has 2 amide bonds. The zero-order chi connectivity index (χ0) is 20.4. The van der Waals surface area contributed by atoms with Gasteiger partial charge in [0.25, 0.3) is 0 Å². The molecule has 1 fully saturated rings. The zero-order valence-corrected chi connectivity index (χ0v) is 17.1. The highest BCUT2D eigenvalue weighted by molar-refractivity contribution is 8.04. The minimum atomic E-state index is -0.270. The number of nitrogens with one attached hydrogen (secondary N) is 1. The van der Waals surface area contributed by atoms with Gasteiger partial charge in [0.2, 0.25) is 11.8 Å². The summed E-state index contributed by atoms with van der Waals surface area (Å²) in [4.78, 5) is 38.9. The lowest BCUT2D eigenvalue weighted by Gasteiger charge is -2.17. The van der Waals surface area contributed by atoms with Crippen molar-refractivity contribution in [2.75, 3.05) is 17.6 Å². The van der Waals surface area contributed by atoms with Gasteiger partial charge in [-0.25, -0.2) is 0 Å². The van der Waals surface area contributed by atoms with Crippen molar-refractivity contribution >= 4 is 35.0 Å². The lowest BCUT2D eigenvalue weighted by Crippen LogP contribution is -2.34. The second-order valence-corrected chi connectivity index (χ2v) is 8.31. The number of fused-ring (bicyclic) bond motifs is 1. The summed E-state index contributed by atoms with van der Waals surface area (Å²) in [5.41, 5.74) is 4.85. The van der Waals surface area contributed by atoms with E-state index in [9.17, 15) is 14.4 Å². The van der Waals surface area contributed by atoms with Gasteiger partial charge in [-0.3, -0.25) is 19.3 Å². The molecule has 4 rings (SSSR count). The number of anilines is 1. The van der Waals surface area contributed by atoms with Gasteiger partial charge in [-0.05, 0) is 55.0 Å². The van der Waals surface area contributed by atoms with Gasteiger partial charge >= 0.3 is 0 Å². The first kappa shape index (κ1) is 19.5. The molecule has 0 bridgehead atoms. The molecule has 1 heterocycles. The minimum Gasteiger partial charge on any atom is -0.325 e. The van der Waals surface area contributed by atoms with Crippen molar-refractivity contribution in [1.82, 2.24) is 4.90 Å². The molecule has 1 aliphatic heterocycles. The van der Waals surface area contributed by atoms with Gasteiger partial charge in [-0.1, -0.05) is 42.1 Å². The van der Waals surface area contributed by atoms with Crippen molar-refractivity contribution in [2.45, 2.75) is 26.2 Å². The number of carbonyl (C=O) groups excluding carboxylic acids is 3. The Morgan fingerprint density at radius 2 is 1.93 bits per heavy atom. The number of carbonyl (C=O) groups is 3. The Morgan fingerprint density at radius 1 is 1.14 bits per heavy atom. The number of nitrogens with zero attached hydrogens (tertiary/aromatic N) is 1. The molecule has 0 spiro atoms. The number of rotatable bonds is 5. The maximum atomic E-state index is 12.6. The number of thioether (sulfide) groups is 1. The van der Waals surface area contributed by atoms with Gasteiger partial charge in [-0.15, -0.1) is 0 Å². The first-order valence-corrected chi connectivity index (χ1v) is 10.7. The summed E-state index contributed by atoms with van der Waals surface area (Å²) < 4.78 is 0. The fourth-order valence-corrected chi connectivity index (χ4v) is 4.67. The van der Waals surface area contributed by atoms with Crippen LogP contribution in [0.25, 0.3) is 0 Å². The summed E-state index contributed by atoms with van der Waals surface area (Å²) in [6.07, 6.45) is 4.73. The molecule has 2 aliphatic rings. The molecule has 1 aliphatic carbocycles. The van der Waals surface area contributed by atoms with Crippen LogP contribution in [0, 0.1) is 6.92 Å². The number of ketones is 1. The zero-order valence-electron chi connectivity index (χ0n) is 16.2. The highest BCUT2D eigenvalue weighted by Crippen LogP contribution is 2.30.